The van der Waals surface area contributed by atoms with E-state index < -0.39 is 0 Å². The average molecular weight is 267 g/mol. The molecule has 4 heteroatoms. The van der Waals surface area contributed by atoms with Crippen molar-refractivity contribution in [1.29, 1.82) is 5.26 Å². The van der Waals surface area contributed by atoms with Gasteiger partial charge in [-0.1, -0.05) is 22.0 Å². The Kier molecular flexibility index (Phi) is 4.32. The molecule has 0 heterocycles. The molecule has 0 aliphatic heterocycles. The topological polar surface area (TPSA) is 52.9 Å². The molecule has 15 heavy (non-hydrogen) atoms. The molecular weight excluding hydrogens is 256 g/mol. The van der Waals surface area contributed by atoms with Gasteiger partial charge in [-0.05, 0) is 25.1 Å². The number of amides is 1. The van der Waals surface area contributed by atoms with E-state index in [-0.39, 0.29) is 11.9 Å². The average Bonchev–Trinajstić information content (AvgIpc) is 2.28. The van der Waals surface area contributed by atoms with E-state index in [2.05, 4.69) is 21.2 Å². The number of carbonyl (C=O) groups excluding carboxylic acids is 1. The number of carbonyl (C=O) groups is 1. The number of nitrogens with one attached hydrogen (secondary N) is 1. The molecule has 0 saturated heterocycles. The molecule has 0 saturated carbocycles. The van der Waals surface area contributed by atoms with Crippen LogP contribution in [0.5, 0.6) is 0 Å². The van der Waals surface area contributed by atoms with Crippen LogP contribution < -0.4 is 5.32 Å². The van der Waals surface area contributed by atoms with Crippen LogP contribution in [0, 0.1) is 11.3 Å². The molecule has 78 valence electrons. The van der Waals surface area contributed by atoms with Gasteiger partial charge in [-0.15, -0.1) is 0 Å². The summed E-state index contributed by atoms with van der Waals surface area (Å²) in [6, 6.07) is 8.72. The summed E-state index contributed by atoms with van der Waals surface area (Å²) in [5.74, 6) is -0.154. The second-order valence-corrected chi connectivity index (χ2v) is 3.87. The van der Waals surface area contributed by atoms with Crippen molar-refractivity contribution in [3.63, 3.8) is 0 Å². The lowest BCUT2D eigenvalue weighted by atomic mass is 10.1. The number of alkyl halides is 1. The highest BCUT2D eigenvalue weighted by Gasteiger charge is 2.08. The normalized spacial score (nSPS) is 11.5. The fraction of sp³-hybridized carbons (Fsp3) is 0.273. The van der Waals surface area contributed by atoms with E-state index in [1.54, 1.807) is 24.3 Å². The standard InChI is InChI=1S/C11H11BrN2O/c1-8(6-12)14-11(15)10-4-2-3-9(5-10)7-13/h2-5,8H,6H2,1H3,(H,14,15). The Hall–Kier alpha value is -1.34. The maximum absolute atomic E-state index is 11.6. The molecule has 1 amide bonds. The fourth-order valence-corrected chi connectivity index (χ4v) is 1.24. The minimum absolute atomic E-state index is 0.0724. The summed E-state index contributed by atoms with van der Waals surface area (Å²) in [6.07, 6.45) is 0. The molecule has 3 nitrogen and oxygen atoms in total. The van der Waals surface area contributed by atoms with Crippen LogP contribution in [-0.2, 0) is 0 Å². The van der Waals surface area contributed by atoms with Crippen LogP contribution in [-0.4, -0.2) is 17.3 Å². The van der Waals surface area contributed by atoms with Gasteiger partial charge < -0.3 is 5.32 Å². The SMILES string of the molecule is CC(CBr)NC(=O)c1cccc(C#N)c1. The highest BCUT2D eigenvalue weighted by atomic mass is 79.9. The van der Waals surface area contributed by atoms with E-state index in [1.807, 2.05) is 13.0 Å². The van der Waals surface area contributed by atoms with Crippen LogP contribution in [0.25, 0.3) is 0 Å². The number of benzene rings is 1. The highest BCUT2D eigenvalue weighted by Crippen LogP contribution is 2.04. The van der Waals surface area contributed by atoms with E-state index in [0.717, 1.165) is 0 Å². The van der Waals surface area contributed by atoms with E-state index in [4.69, 9.17) is 5.26 Å². The highest BCUT2D eigenvalue weighted by molar-refractivity contribution is 9.09. The smallest absolute Gasteiger partial charge is 0.251 e. The van der Waals surface area contributed by atoms with Crippen molar-refractivity contribution < 1.29 is 4.79 Å². The Morgan fingerprint density at radius 2 is 2.40 bits per heavy atom. The molecule has 0 aliphatic carbocycles. The minimum Gasteiger partial charge on any atom is -0.349 e. The zero-order valence-corrected chi connectivity index (χ0v) is 9.91. The largest absolute Gasteiger partial charge is 0.349 e. The molecule has 0 radical (unpaired) electrons. The van der Waals surface area contributed by atoms with Crippen LogP contribution >= 0.6 is 15.9 Å². The quantitative estimate of drug-likeness (QED) is 0.852. The van der Waals surface area contributed by atoms with Gasteiger partial charge in [-0.2, -0.15) is 5.26 Å². The Balaban J connectivity index is 2.78. The summed E-state index contributed by atoms with van der Waals surface area (Å²) >= 11 is 3.28. The van der Waals surface area contributed by atoms with E-state index in [9.17, 15) is 4.79 Å². The number of nitrogens with zero attached hydrogens (tertiary/aromatic N) is 1. The summed E-state index contributed by atoms with van der Waals surface area (Å²) in [7, 11) is 0. The zero-order chi connectivity index (χ0) is 11.3. The van der Waals surface area contributed by atoms with Gasteiger partial charge in [0.05, 0.1) is 11.6 Å². The number of nitriles is 1. The van der Waals surface area contributed by atoms with Crippen molar-refractivity contribution in [2.24, 2.45) is 0 Å². The summed E-state index contributed by atoms with van der Waals surface area (Å²) in [5, 5.41) is 12.2. The first-order chi connectivity index (χ1) is 7.17. The molecule has 1 N–H and O–H groups in total. The first-order valence-corrected chi connectivity index (χ1v) is 5.66. The lowest BCUT2D eigenvalue weighted by Crippen LogP contribution is -2.33. The second kappa shape index (κ2) is 5.52. The number of rotatable bonds is 3. The van der Waals surface area contributed by atoms with Gasteiger partial charge in [0.2, 0.25) is 0 Å². The van der Waals surface area contributed by atoms with Crippen molar-refractivity contribution in [2.75, 3.05) is 5.33 Å². The molecule has 0 aliphatic rings. The van der Waals surface area contributed by atoms with E-state index in [1.165, 1.54) is 0 Å². The maximum atomic E-state index is 11.6. The van der Waals surface area contributed by atoms with Gasteiger partial charge in [0.15, 0.2) is 0 Å². The summed E-state index contributed by atoms with van der Waals surface area (Å²) in [6.45, 7) is 1.90. The lowest BCUT2D eigenvalue weighted by molar-refractivity contribution is 0.0944. The van der Waals surface area contributed by atoms with Gasteiger partial charge >= 0.3 is 0 Å². The molecule has 1 aromatic rings. The molecule has 1 aromatic carbocycles. The third-order valence-electron chi connectivity index (χ3n) is 1.86. The molecule has 1 atom stereocenters. The van der Waals surface area contributed by atoms with Crippen LogP contribution in [0.3, 0.4) is 0 Å². The minimum atomic E-state index is -0.154. The third-order valence-corrected chi connectivity index (χ3v) is 2.83. The van der Waals surface area contributed by atoms with Crippen molar-refractivity contribution in [2.45, 2.75) is 13.0 Å². The van der Waals surface area contributed by atoms with Crippen molar-refractivity contribution >= 4 is 21.8 Å². The molecular formula is C11H11BrN2O. The zero-order valence-electron chi connectivity index (χ0n) is 8.33. The van der Waals surface area contributed by atoms with Crippen LogP contribution in [0.4, 0.5) is 0 Å². The number of hydrogen-bond acceptors (Lipinski definition) is 2. The summed E-state index contributed by atoms with van der Waals surface area (Å²) in [4.78, 5) is 11.6. The lowest BCUT2D eigenvalue weighted by Gasteiger charge is -2.10. The van der Waals surface area contributed by atoms with Gasteiger partial charge in [-0.3, -0.25) is 4.79 Å². The van der Waals surface area contributed by atoms with Crippen molar-refractivity contribution in [3.05, 3.63) is 35.4 Å². The van der Waals surface area contributed by atoms with Gasteiger partial charge in [0.25, 0.3) is 5.91 Å². The second-order valence-electron chi connectivity index (χ2n) is 3.22. The monoisotopic (exact) mass is 266 g/mol. The first-order valence-electron chi connectivity index (χ1n) is 4.54. The summed E-state index contributed by atoms with van der Waals surface area (Å²) < 4.78 is 0. The van der Waals surface area contributed by atoms with Gasteiger partial charge in [-0.25, -0.2) is 0 Å². The van der Waals surface area contributed by atoms with E-state index >= 15 is 0 Å². The molecule has 1 unspecified atom stereocenters. The Morgan fingerprint density at radius 3 is 3.00 bits per heavy atom. The fourth-order valence-electron chi connectivity index (χ4n) is 1.08. The maximum Gasteiger partial charge on any atom is 0.251 e. The molecule has 0 spiro atoms. The predicted octanol–water partition coefficient (Wildman–Crippen LogP) is 2.07. The molecule has 0 bridgehead atoms. The van der Waals surface area contributed by atoms with E-state index in [0.29, 0.717) is 16.5 Å². The third kappa shape index (κ3) is 3.37. The number of hydrogen-bond donors (Lipinski definition) is 1. The van der Waals surface area contributed by atoms with Crippen LogP contribution in [0.15, 0.2) is 24.3 Å². The van der Waals surface area contributed by atoms with Gasteiger partial charge in [0, 0.05) is 16.9 Å². The van der Waals surface area contributed by atoms with Gasteiger partial charge in [0.1, 0.15) is 0 Å². The van der Waals surface area contributed by atoms with Crippen molar-refractivity contribution in [1.82, 2.24) is 5.32 Å². The molecule has 1 rings (SSSR count). The molecule has 0 fully saturated rings. The van der Waals surface area contributed by atoms with Crippen LogP contribution in [0.2, 0.25) is 0 Å². The summed E-state index contributed by atoms with van der Waals surface area (Å²) in [5.41, 5.74) is 1.01. The predicted molar refractivity (Wildman–Crippen MR) is 61.9 cm³/mol. The Bertz CT molecular complexity index is 398. The molecule has 0 aromatic heterocycles. The first kappa shape index (κ1) is 11.7. The Labute approximate surface area is 97.2 Å². The Morgan fingerprint density at radius 1 is 1.67 bits per heavy atom. The number of halogens is 1. The van der Waals surface area contributed by atoms with Crippen molar-refractivity contribution in [3.8, 4) is 6.07 Å². The van der Waals surface area contributed by atoms with Crippen LogP contribution in [0.1, 0.15) is 22.8 Å².